The van der Waals surface area contributed by atoms with Crippen LogP contribution in [0, 0.1) is 0 Å². The van der Waals surface area contributed by atoms with Crippen molar-refractivity contribution in [3.8, 4) is 5.75 Å². The molecule has 0 unspecified atom stereocenters. The standard InChI is InChI=1S/C18H19ClN4O3/c1-23(20-12-13-4-6-14(19)7-5-13)17(18(24)26-3)22-21-15-8-10-16(25-2)11-9-15/h4-12,21H,1-3H3/b20-12+,22-17-. The van der Waals surface area contributed by atoms with Crippen molar-refractivity contribution in [1.82, 2.24) is 5.01 Å². The fourth-order valence-corrected chi connectivity index (χ4v) is 2.01. The van der Waals surface area contributed by atoms with Gasteiger partial charge in [0.15, 0.2) is 0 Å². The Morgan fingerprint density at radius 2 is 1.77 bits per heavy atom. The van der Waals surface area contributed by atoms with Gasteiger partial charge in [-0.05, 0) is 42.0 Å². The van der Waals surface area contributed by atoms with Crippen LogP contribution in [0.5, 0.6) is 5.75 Å². The van der Waals surface area contributed by atoms with Crippen LogP contribution in [-0.4, -0.2) is 44.3 Å². The Hall–Kier alpha value is -3.06. The molecule has 0 atom stereocenters. The summed E-state index contributed by atoms with van der Waals surface area (Å²) in [5.74, 6) is 0.0905. The molecule has 0 saturated carbocycles. The van der Waals surface area contributed by atoms with E-state index in [0.717, 1.165) is 11.3 Å². The molecule has 0 aliphatic heterocycles. The molecule has 0 aromatic heterocycles. The van der Waals surface area contributed by atoms with E-state index in [9.17, 15) is 4.79 Å². The number of hydrazone groups is 2. The molecule has 0 radical (unpaired) electrons. The summed E-state index contributed by atoms with van der Waals surface area (Å²) in [6.45, 7) is 0. The highest BCUT2D eigenvalue weighted by Crippen LogP contribution is 2.15. The minimum absolute atomic E-state index is 0.00599. The molecule has 2 aromatic rings. The van der Waals surface area contributed by atoms with Crippen molar-refractivity contribution in [3.05, 3.63) is 59.1 Å². The number of ether oxygens (including phenoxy) is 2. The minimum Gasteiger partial charge on any atom is -0.497 e. The normalized spacial score (nSPS) is 11.3. The summed E-state index contributed by atoms with van der Waals surface area (Å²) < 4.78 is 9.86. The lowest BCUT2D eigenvalue weighted by atomic mass is 10.2. The summed E-state index contributed by atoms with van der Waals surface area (Å²) in [4.78, 5) is 12.0. The zero-order valence-electron chi connectivity index (χ0n) is 14.6. The summed E-state index contributed by atoms with van der Waals surface area (Å²) >= 11 is 5.85. The van der Waals surface area contributed by atoms with Crippen LogP contribution >= 0.6 is 11.6 Å². The molecular weight excluding hydrogens is 356 g/mol. The van der Waals surface area contributed by atoms with Crippen LogP contribution < -0.4 is 10.2 Å². The van der Waals surface area contributed by atoms with Gasteiger partial charge in [0.1, 0.15) is 5.75 Å². The summed E-state index contributed by atoms with van der Waals surface area (Å²) in [5.41, 5.74) is 4.31. The van der Waals surface area contributed by atoms with Gasteiger partial charge in [-0.25, -0.2) is 9.80 Å². The third-order valence-corrected chi connectivity index (χ3v) is 3.56. The molecule has 2 rings (SSSR count). The maximum Gasteiger partial charge on any atom is 0.377 e. The number of amidine groups is 1. The van der Waals surface area contributed by atoms with Crippen LogP contribution in [0.4, 0.5) is 5.69 Å². The average Bonchev–Trinajstić information content (AvgIpc) is 2.67. The molecule has 0 saturated heterocycles. The lowest BCUT2D eigenvalue weighted by molar-refractivity contribution is -0.133. The zero-order valence-corrected chi connectivity index (χ0v) is 15.4. The Morgan fingerprint density at radius 3 is 2.35 bits per heavy atom. The van der Waals surface area contributed by atoms with E-state index in [4.69, 9.17) is 21.1 Å². The van der Waals surface area contributed by atoms with Crippen LogP contribution in [0.1, 0.15) is 5.56 Å². The molecule has 0 amide bonds. The summed E-state index contributed by atoms with van der Waals surface area (Å²) in [6, 6.07) is 14.2. The van der Waals surface area contributed by atoms with E-state index in [2.05, 4.69) is 15.6 Å². The van der Waals surface area contributed by atoms with Crippen molar-refractivity contribution in [2.75, 3.05) is 26.7 Å². The Labute approximate surface area is 156 Å². The third-order valence-electron chi connectivity index (χ3n) is 3.31. The first-order valence-corrected chi connectivity index (χ1v) is 8.00. The number of rotatable bonds is 5. The summed E-state index contributed by atoms with van der Waals surface area (Å²) in [7, 11) is 4.46. The molecule has 0 spiro atoms. The van der Waals surface area contributed by atoms with Gasteiger partial charge in [0.2, 0.25) is 0 Å². The van der Waals surface area contributed by atoms with Gasteiger partial charge in [0.25, 0.3) is 5.84 Å². The highest BCUT2D eigenvalue weighted by molar-refractivity contribution is 6.35. The topological polar surface area (TPSA) is 75.5 Å². The fourth-order valence-electron chi connectivity index (χ4n) is 1.88. The maximum absolute atomic E-state index is 12.0. The first-order valence-electron chi connectivity index (χ1n) is 7.63. The molecule has 136 valence electrons. The molecule has 0 aliphatic carbocycles. The number of anilines is 1. The summed E-state index contributed by atoms with van der Waals surface area (Å²) in [6.07, 6.45) is 1.59. The third kappa shape index (κ3) is 5.49. The van der Waals surface area contributed by atoms with Crippen LogP contribution in [0.25, 0.3) is 0 Å². The van der Waals surface area contributed by atoms with Crippen LogP contribution in [0.3, 0.4) is 0 Å². The monoisotopic (exact) mass is 374 g/mol. The lowest BCUT2D eigenvalue weighted by Crippen LogP contribution is -2.31. The SMILES string of the molecule is COC(=O)/C(=N/Nc1ccc(OC)cc1)N(C)/N=C/c1ccc(Cl)cc1. The van der Waals surface area contributed by atoms with E-state index >= 15 is 0 Å². The zero-order chi connectivity index (χ0) is 18.9. The molecule has 0 heterocycles. The van der Waals surface area contributed by atoms with Gasteiger partial charge in [0, 0.05) is 12.1 Å². The van der Waals surface area contributed by atoms with Crippen LogP contribution in [-0.2, 0) is 9.53 Å². The van der Waals surface area contributed by atoms with Gasteiger partial charge in [-0.15, -0.1) is 5.10 Å². The predicted molar refractivity (Wildman–Crippen MR) is 103 cm³/mol. The molecule has 1 N–H and O–H groups in total. The van der Waals surface area contributed by atoms with Crippen molar-refractivity contribution in [2.45, 2.75) is 0 Å². The van der Waals surface area contributed by atoms with Crippen molar-refractivity contribution in [1.29, 1.82) is 0 Å². The molecule has 7 nitrogen and oxygen atoms in total. The first-order chi connectivity index (χ1) is 12.5. The highest BCUT2D eigenvalue weighted by atomic mass is 35.5. The van der Waals surface area contributed by atoms with Gasteiger partial charge in [0.05, 0.1) is 26.1 Å². The van der Waals surface area contributed by atoms with Gasteiger partial charge in [-0.3, -0.25) is 5.43 Å². The molecular formula is C18H19ClN4O3. The second-order valence-electron chi connectivity index (χ2n) is 5.09. The van der Waals surface area contributed by atoms with Crippen molar-refractivity contribution < 1.29 is 14.3 Å². The maximum atomic E-state index is 12.0. The number of nitrogens with zero attached hydrogens (tertiary/aromatic N) is 3. The van der Waals surface area contributed by atoms with Crippen molar-refractivity contribution >= 4 is 35.3 Å². The number of methoxy groups -OCH3 is 2. The number of nitrogens with one attached hydrogen (secondary N) is 1. The van der Waals surface area contributed by atoms with Crippen LogP contribution in [0.2, 0.25) is 5.02 Å². The van der Waals surface area contributed by atoms with E-state index in [1.54, 1.807) is 56.8 Å². The van der Waals surface area contributed by atoms with E-state index in [1.165, 1.54) is 12.1 Å². The number of carbonyl (C=O) groups is 1. The number of hydrogen-bond donors (Lipinski definition) is 1. The number of halogens is 1. The Bertz CT molecular complexity index is 789. The van der Waals surface area contributed by atoms with Gasteiger partial charge in [-0.2, -0.15) is 5.10 Å². The average molecular weight is 375 g/mol. The predicted octanol–water partition coefficient (Wildman–Crippen LogP) is 3.21. The molecule has 0 bridgehead atoms. The molecule has 0 aliphatic rings. The number of esters is 1. The van der Waals surface area contributed by atoms with Crippen molar-refractivity contribution in [3.63, 3.8) is 0 Å². The lowest BCUT2D eigenvalue weighted by Gasteiger charge is -2.14. The van der Waals surface area contributed by atoms with E-state index < -0.39 is 5.97 Å². The van der Waals surface area contributed by atoms with Crippen molar-refractivity contribution in [2.24, 2.45) is 10.2 Å². The van der Waals surface area contributed by atoms with E-state index in [0.29, 0.717) is 10.7 Å². The Morgan fingerprint density at radius 1 is 1.12 bits per heavy atom. The molecule has 0 fully saturated rings. The second-order valence-corrected chi connectivity index (χ2v) is 5.52. The number of likely N-dealkylation sites (N-methyl/N-ethyl adjacent to an activating group) is 1. The first kappa shape index (κ1) is 19.3. The smallest absolute Gasteiger partial charge is 0.377 e. The Balaban J connectivity index is 2.13. The molecule has 8 heteroatoms. The summed E-state index contributed by atoms with van der Waals surface area (Å²) in [5, 5.41) is 10.2. The minimum atomic E-state index is -0.623. The largest absolute Gasteiger partial charge is 0.497 e. The molecule has 2 aromatic carbocycles. The quantitative estimate of drug-likeness (QED) is 0.376. The Kier molecular flexibility index (Phi) is 6.99. The van der Waals surface area contributed by atoms with E-state index in [1.807, 2.05) is 12.1 Å². The molecule has 26 heavy (non-hydrogen) atoms. The fraction of sp³-hybridized carbons (Fsp3) is 0.167. The number of carbonyl (C=O) groups excluding carboxylic acids is 1. The number of benzene rings is 2. The van der Waals surface area contributed by atoms with E-state index in [-0.39, 0.29) is 5.84 Å². The van der Waals surface area contributed by atoms with Crippen LogP contribution in [0.15, 0.2) is 58.7 Å². The second kappa shape index (κ2) is 9.43. The van der Waals surface area contributed by atoms with Gasteiger partial charge in [-0.1, -0.05) is 23.7 Å². The van der Waals surface area contributed by atoms with Gasteiger partial charge < -0.3 is 9.47 Å². The highest BCUT2D eigenvalue weighted by Gasteiger charge is 2.17. The number of hydrogen-bond acceptors (Lipinski definition) is 6. The van der Waals surface area contributed by atoms with Gasteiger partial charge >= 0.3 is 5.97 Å².